The van der Waals surface area contributed by atoms with Crippen molar-refractivity contribution in [2.24, 2.45) is 0 Å². The van der Waals surface area contributed by atoms with E-state index in [1.165, 1.54) is 30.6 Å². The summed E-state index contributed by atoms with van der Waals surface area (Å²) >= 11 is 1.50. The number of fused-ring (bicyclic) bond motifs is 1. The number of anilines is 2. The van der Waals surface area contributed by atoms with Gasteiger partial charge in [-0.2, -0.15) is 0 Å². The third kappa shape index (κ3) is 5.99. The fourth-order valence-electron chi connectivity index (χ4n) is 3.57. The molecule has 1 aliphatic rings. The first-order valence-electron chi connectivity index (χ1n) is 10.6. The highest BCUT2D eigenvalue weighted by Gasteiger charge is 2.08. The molecule has 0 bridgehead atoms. The average Bonchev–Trinajstić information content (AvgIpc) is 3.19. The third-order valence-corrected chi connectivity index (χ3v) is 6.07. The summed E-state index contributed by atoms with van der Waals surface area (Å²) in [5.41, 5.74) is 9.74. The Balaban J connectivity index is 0.000000282. The first kappa shape index (κ1) is 21.2. The predicted octanol–water partition coefficient (Wildman–Crippen LogP) is 5.26. The third-order valence-electron chi connectivity index (χ3n) is 5.22. The molecule has 0 radical (unpaired) electrons. The highest BCUT2D eigenvalue weighted by atomic mass is 32.1. The van der Waals surface area contributed by atoms with Crippen molar-refractivity contribution in [2.45, 2.75) is 44.8 Å². The van der Waals surface area contributed by atoms with E-state index in [-0.39, 0.29) is 6.10 Å². The molecule has 0 unspecified atom stereocenters. The van der Waals surface area contributed by atoms with Crippen LogP contribution >= 0.6 is 11.3 Å². The molecule has 5 rings (SSSR count). The number of benzene rings is 2. The van der Waals surface area contributed by atoms with Crippen molar-refractivity contribution in [3.05, 3.63) is 66.5 Å². The van der Waals surface area contributed by atoms with Crippen molar-refractivity contribution in [3.63, 3.8) is 0 Å². The van der Waals surface area contributed by atoms with Crippen LogP contribution in [0.5, 0.6) is 0 Å². The van der Waals surface area contributed by atoms with Gasteiger partial charge in [0.25, 0.3) is 0 Å². The number of aromatic nitrogens is 3. The van der Waals surface area contributed by atoms with E-state index in [0.717, 1.165) is 45.7 Å². The fraction of sp³-hybridized carbons (Fsp3) is 0.292. The number of thiazole rings is 1. The lowest BCUT2D eigenvalue weighted by Crippen LogP contribution is -2.09. The van der Waals surface area contributed by atoms with Crippen molar-refractivity contribution in [2.75, 3.05) is 11.1 Å². The minimum absolute atomic E-state index is 0.0359. The predicted molar refractivity (Wildman–Crippen MR) is 128 cm³/mol. The van der Waals surface area contributed by atoms with Gasteiger partial charge in [-0.25, -0.2) is 9.97 Å². The van der Waals surface area contributed by atoms with E-state index >= 15 is 0 Å². The lowest BCUT2D eigenvalue weighted by atomic mass is 9.98. The van der Waals surface area contributed by atoms with Gasteiger partial charge in [0.15, 0.2) is 5.13 Å². The molecule has 1 fully saturated rings. The van der Waals surface area contributed by atoms with Crippen LogP contribution in [0.2, 0.25) is 0 Å². The lowest BCUT2D eigenvalue weighted by Gasteiger charge is -2.14. The van der Waals surface area contributed by atoms with Crippen molar-refractivity contribution in [1.82, 2.24) is 15.0 Å². The van der Waals surface area contributed by atoms with Crippen LogP contribution in [-0.4, -0.2) is 26.2 Å². The molecule has 7 heteroatoms. The second kappa shape index (κ2) is 10.3. The zero-order valence-corrected chi connectivity index (χ0v) is 18.2. The van der Waals surface area contributed by atoms with Gasteiger partial charge in [0.2, 0.25) is 0 Å². The Morgan fingerprint density at radius 2 is 1.81 bits per heavy atom. The number of nitrogens with zero attached hydrogens (tertiary/aromatic N) is 3. The second-order valence-corrected chi connectivity index (χ2v) is 8.72. The smallest absolute Gasteiger partial charge is 0.181 e. The largest absolute Gasteiger partial charge is 0.393 e. The Labute approximate surface area is 186 Å². The Morgan fingerprint density at radius 1 is 1.00 bits per heavy atom. The summed E-state index contributed by atoms with van der Waals surface area (Å²) in [6.45, 7) is 0.667. The Morgan fingerprint density at radius 3 is 2.55 bits per heavy atom. The molecule has 1 saturated carbocycles. The lowest BCUT2D eigenvalue weighted by molar-refractivity contribution is 0.130. The number of rotatable bonds is 4. The SMILES string of the molecule is Nc1nc2ccc(CNc3cncc(-c4ccccc4)n3)cc2s1.OC1CCCCC1. The van der Waals surface area contributed by atoms with Crippen LogP contribution in [0.1, 0.15) is 37.7 Å². The molecular formula is C24H27N5OS. The Kier molecular flexibility index (Phi) is 7.07. The van der Waals surface area contributed by atoms with Gasteiger partial charge < -0.3 is 16.2 Å². The quantitative estimate of drug-likeness (QED) is 0.406. The maximum atomic E-state index is 8.91. The number of nitrogens with two attached hydrogens (primary N) is 1. The monoisotopic (exact) mass is 433 g/mol. The van der Waals surface area contributed by atoms with Crippen LogP contribution < -0.4 is 11.1 Å². The van der Waals surface area contributed by atoms with Gasteiger partial charge >= 0.3 is 0 Å². The zero-order valence-electron chi connectivity index (χ0n) is 17.4. The molecule has 4 N–H and O–H groups in total. The van der Waals surface area contributed by atoms with Crippen LogP contribution in [0.15, 0.2) is 60.9 Å². The summed E-state index contributed by atoms with van der Waals surface area (Å²) in [5.74, 6) is 0.750. The number of hydrogen-bond donors (Lipinski definition) is 3. The maximum absolute atomic E-state index is 8.91. The van der Waals surface area contributed by atoms with Gasteiger partial charge in [0.05, 0.1) is 34.4 Å². The number of hydrogen-bond acceptors (Lipinski definition) is 7. The molecule has 160 valence electrons. The van der Waals surface area contributed by atoms with Crippen molar-refractivity contribution in [1.29, 1.82) is 0 Å². The van der Waals surface area contributed by atoms with E-state index in [9.17, 15) is 0 Å². The Bertz CT molecular complexity index is 1110. The van der Waals surface area contributed by atoms with Crippen molar-refractivity contribution < 1.29 is 5.11 Å². The van der Waals surface area contributed by atoms with Gasteiger partial charge in [-0.1, -0.05) is 67.0 Å². The van der Waals surface area contributed by atoms with E-state index in [2.05, 4.69) is 26.3 Å². The molecular weight excluding hydrogens is 406 g/mol. The van der Waals surface area contributed by atoms with E-state index < -0.39 is 0 Å². The summed E-state index contributed by atoms with van der Waals surface area (Å²) in [6, 6.07) is 16.2. The van der Waals surface area contributed by atoms with E-state index in [4.69, 9.17) is 10.8 Å². The van der Waals surface area contributed by atoms with Crippen LogP contribution in [0, 0.1) is 0 Å². The Hall–Kier alpha value is -3.03. The summed E-state index contributed by atoms with van der Waals surface area (Å²) in [6.07, 6.45) is 9.43. The van der Waals surface area contributed by atoms with Crippen LogP contribution in [0.25, 0.3) is 21.5 Å². The standard InChI is InChI=1S/C18H15N5S.C6H12O/c19-18-23-14-7-6-12(8-16(14)24-18)9-21-17-11-20-10-15(22-17)13-4-2-1-3-5-13;7-6-4-2-1-3-5-6/h1-8,10-11H,9H2,(H2,19,23)(H,21,22);6-7H,1-5H2. The van der Waals surface area contributed by atoms with Crippen LogP contribution in [0.4, 0.5) is 10.9 Å². The van der Waals surface area contributed by atoms with Crippen molar-refractivity contribution in [3.8, 4) is 11.3 Å². The van der Waals surface area contributed by atoms with E-state index in [0.29, 0.717) is 11.7 Å². The normalized spacial score (nSPS) is 14.1. The highest BCUT2D eigenvalue weighted by Crippen LogP contribution is 2.25. The minimum atomic E-state index is 0.0359. The average molecular weight is 434 g/mol. The van der Waals surface area contributed by atoms with E-state index in [1.54, 1.807) is 12.4 Å². The topological polar surface area (TPSA) is 97.0 Å². The van der Waals surface area contributed by atoms with E-state index in [1.807, 2.05) is 42.5 Å². The number of nitrogen functional groups attached to an aromatic ring is 1. The van der Waals surface area contributed by atoms with Gasteiger partial charge in [-0.15, -0.1) is 0 Å². The molecule has 0 saturated heterocycles. The number of nitrogens with one attached hydrogen (secondary N) is 1. The minimum Gasteiger partial charge on any atom is -0.393 e. The van der Waals surface area contributed by atoms with Gasteiger partial charge in [0.1, 0.15) is 5.82 Å². The van der Waals surface area contributed by atoms with Gasteiger partial charge in [0, 0.05) is 12.1 Å². The molecule has 4 aromatic rings. The van der Waals surface area contributed by atoms with Gasteiger partial charge in [-0.3, -0.25) is 4.98 Å². The summed E-state index contributed by atoms with van der Waals surface area (Å²) in [7, 11) is 0. The maximum Gasteiger partial charge on any atom is 0.181 e. The molecule has 1 aliphatic carbocycles. The van der Waals surface area contributed by atoms with Crippen LogP contribution in [0.3, 0.4) is 0 Å². The van der Waals surface area contributed by atoms with Crippen molar-refractivity contribution >= 4 is 32.5 Å². The molecule has 0 amide bonds. The summed E-state index contributed by atoms with van der Waals surface area (Å²) in [5, 5.41) is 12.8. The van der Waals surface area contributed by atoms with Crippen LogP contribution in [-0.2, 0) is 6.54 Å². The van der Waals surface area contributed by atoms with Gasteiger partial charge in [-0.05, 0) is 30.5 Å². The molecule has 31 heavy (non-hydrogen) atoms. The molecule has 0 spiro atoms. The molecule has 0 atom stereocenters. The first-order chi connectivity index (χ1) is 15.2. The molecule has 2 aromatic heterocycles. The molecule has 6 nitrogen and oxygen atoms in total. The highest BCUT2D eigenvalue weighted by molar-refractivity contribution is 7.22. The number of aliphatic hydroxyl groups excluding tert-OH is 1. The first-order valence-corrected chi connectivity index (χ1v) is 11.4. The fourth-order valence-corrected chi connectivity index (χ4v) is 4.37. The molecule has 0 aliphatic heterocycles. The summed E-state index contributed by atoms with van der Waals surface area (Å²) in [4.78, 5) is 13.2. The number of aliphatic hydroxyl groups is 1. The second-order valence-electron chi connectivity index (χ2n) is 7.66. The molecule has 2 aromatic carbocycles. The molecule has 2 heterocycles. The zero-order chi connectivity index (χ0) is 21.5. The summed E-state index contributed by atoms with van der Waals surface area (Å²) < 4.78 is 1.09.